The number of benzene rings is 1. The molecule has 0 spiro atoms. The molecule has 0 amide bonds. The van der Waals surface area contributed by atoms with Crippen molar-refractivity contribution in [1.82, 2.24) is 14.9 Å². The normalized spacial score (nSPS) is 15.8. The van der Waals surface area contributed by atoms with Crippen molar-refractivity contribution in [2.45, 2.75) is 19.4 Å². The summed E-state index contributed by atoms with van der Waals surface area (Å²) in [5.41, 5.74) is 1.08. The van der Waals surface area contributed by atoms with Gasteiger partial charge in [0, 0.05) is 31.0 Å². The highest BCUT2D eigenvalue weighted by molar-refractivity contribution is 5.46. The Morgan fingerprint density at radius 3 is 2.71 bits per heavy atom. The van der Waals surface area contributed by atoms with Crippen molar-refractivity contribution in [3.63, 3.8) is 0 Å². The van der Waals surface area contributed by atoms with Crippen LogP contribution in [0.15, 0.2) is 36.7 Å². The van der Waals surface area contributed by atoms with E-state index >= 15 is 0 Å². The predicted octanol–water partition coefficient (Wildman–Crippen LogP) is 2.81. The van der Waals surface area contributed by atoms with Gasteiger partial charge in [0.05, 0.1) is 0 Å². The lowest BCUT2D eigenvalue weighted by molar-refractivity contribution is 0.180. The molecule has 0 aliphatic carbocycles. The minimum absolute atomic E-state index is 0.132. The van der Waals surface area contributed by atoms with Gasteiger partial charge >= 0.3 is 0 Å². The number of anilines is 1. The molecule has 1 aromatic carbocycles. The number of hydrogen-bond donors (Lipinski definition) is 1. The number of aromatic nitrogens is 2. The Morgan fingerprint density at radius 1 is 1.21 bits per heavy atom. The third kappa shape index (κ3) is 4.06. The molecule has 0 saturated carbocycles. The summed E-state index contributed by atoms with van der Waals surface area (Å²) < 4.78 is 13.7. The Kier molecular flexibility index (Phi) is 5.34. The Bertz CT molecular complexity index is 719. The topological polar surface area (TPSA) is 64.8 Å². The molecule has 24 heavy (non-hydrogen) atoms. The van der Waals surface area contributed by atoms with Gasteiger partial charge in [0.25, 0.3) is 0 Å². The molecule has 6 heteroatoms. The summed E-state index contributed by atoms with van der Waals surface area (Å²) in [7, 11) is 0. The van der Waals surface area contributed by atoms with Crippen LogP contribution in [0.25, 0.3) is 0 Å². The average molecular weight is 325 g/mol. The van der Waals surface area contributed by atoms with Gasteiger partial charge in [-0.05, 0) is 37.9 Å². The number of halogens is 1. The average Bonchev–Trinajstić information content (AvgIpc) is 2.63. The highest BCUT2D eigenvalue weighted by Crippen LogP contribution is 2.20. The molecule has 1 aromatic heterocycles. The lowest BCUT2D eigenvalue weighted by Crippen LogP contribution is -2.35. The van der Waals surface area contributed by atoms with Crippen LogP contribution in [0.5, 0.6) is 0 Å². The van der Waals surface area contributed by atoms with Crippen LogP contribution in [0.4, 0.5) is 10.2 Å². The van der Waals surface area contributed by atoms with E-state index in [1.807, 2.05) is 18.2 Å². The third-order valence-electron chi connectivity index (χ3n) is 4.42. The van der Waals surface area contributed by atoms with Gasteiger partial charge in [0.2, 0.25) is 0 Å². The molecule has 2 aromatic rings. The highest BCUT2D eigenvalue weighted by Gasteiger charge is 2.20. The number of piperidine rings is 1. The first-order chi connectivity index (χ1) is 11.8. The molecule has 3 rings (SSSR count). The fraction of sp³-hybridized carbons (Fsp3) is 0.389. The Labute approximate surface area is 141 Å². The van der Waals surface area contributed by atoms with Crippen LogP contribution in [-0.2, 0) is 6.54 Å². The lowest BCUT2D eigenvalue weighted by atomic mass is 9.96. The maximum absolute atomic E-state index is 13.7. The summed E-state index contributed by atoms with van der Waals surface area (Å²) in [6, 6.07) is 9.00. The first kappa shape index (κ1) is 16.3. The van der Waals surface area contributed by atoms with Crippen LogP contribution in [0, 0.1) is 23.1 Å². The first-order valence-corrected chi connectivity index (χ1v) is 8.17. The Balaban J connectivity index is 1.47. The molecule has 1 aliphatic heterocycles. The Hall–Kier alpha value is -2.52. The summed E-state index contributed by atoms with van der Waals surface area (Å²) in [4.78, 5) is 10.5. The third-order valence-corrected chi connectivity index (χ3v) is 4.42. The number of nitriles is 1. The van der Waals surface area contributed by atoms with Crippen molar-refractivity contribution in [3.05, 3.63) is 53.7 Å². The van der Waals surface area contributed by atoms with Gasteiger partial charge in [-0.2, -0.15) is 5.26 Å². The summed E-state index contributed by atoms with van der Waals surface area (Å²) in [5.74, 6) is 0.942. The maximum atomic E-state index is 13.7. The van der Waals surface area contributed by atoms with Crippen molar-refractivity contribution in [3.8, 4) is 6.07 Å². The van der Waals surface area contributed by atoms with Gasteiger partial charge in [-0.3, -0.25) is 4.90 Å². The summed E-state index contributed by atoms with van der Waals surface area (Å²) >= 11 is 0. The SMILES string of the molecule is N#Cc1nccnc1NCC1CCN(Cc2ccccc2F)CC1. The van der Waals surface area contributed by atoms with Crippen molar-refractivity contribution < 1.29 is 4.39 Å². The number of rotatable bonds is 5. The van der Waals surface area contributed by atoms with Gasteiger partial charge in [0.15, 0.2) is 11.5 Å². The largest absolute Gasteiger partial charge is 0.367 e. The lowest BCUT2D eigenvalue weighted by Gasteiger charge is -2.32. The van der Waals surface area contributed by atoms with E-state index < -0.39 is 0 Å². The molecular weight excluding hydrogens is 305 g/mol. The van der Waals surface area contributed by atoms with E-state index in [1.165, 1.54) is 12.3 Å². The van der Waals surface area contributed by atoms with Gasteiger partial charge in [-0.15, -0.1) is 0 Å². The molecule has 0 bridgehead atoms. The van der Waals surface area contributed by atoms with Gasteiger partial charge in [-0.25, -0.2) is 14.4 Å². The molecule has 1 N–H and O–H groups in total. The van der Waals surface area contributed by atoms with Crippen LogP contribution >= 0.6 is 0 Å². The van der Waals surface area contributed by atoms with E-state index in [1.54, 1.807) is 12.3 Å². The molecule has 5 nitrogen and oxygen atoms in total. The molecule has 0 atom stereocenters. The monoisotopic (exact) mass is 325 g/mol. The van der Waals surface area contributed by atoms with Crippen LogP contribution in [0.1, 0.15) is 24.1 Å². The molecule has 0 radical (unpaired) electrons. The van der Waals surface area contributed by atoms with E-state index in [0.717, 1.165) is 38.0 Å². The van der Waals surface area contributed by atoms with Gasteiger partial charge in [-0.1, -0.05) is 18.2 Å². The molecule has 0 unspecified atom stereocenters. The van der Waals surface area contributed by atoms with Crippen LogP contribution in [0.3, 0.4) is 0 Å². The Morgan fingerprint density at radius 2 is 1.96 bits per heavy atom. The molecule has 1 fully saturated rings. The zero-order valence-corrected chi connectivity index (χ0v) is 13.5. The number of nitrogens with one attached hydrogen (secondary N) is 1. The fourth-order valence-electron chi connectivity index (χ4n) is 3.01. The second-order valence-electron chi connectivity index (χ2n) is 6.06. The first-order valence-electron chi connectivity index (χ1n) is 8.17. The zero-order valence-electron chi connectivity index (χ0n) is 13.5. The molecule has 2 heterocycles. The quantitative estimate of drug-likeness (QED) is 0.916. The number of hydrogen-bond acceptors (Lipinski definition) is 5. The van der Waals surface area contributed by atoms with Crippen molar-refractivity contribution in [1.29, 1.82) is 5.26 Å². The van der Waals surface area contributed by atoms with Gasteiger partial charge in [0.1, 0.15) is 11.9 Å². The van der Waals surface area contributed by atoms with E-state index in [2.05, 4.69) is 20.2 Å². The van der Waals surface area contributed by atoms with Crippen molar-refractivity contribution >= 4 is 5.82 Å². The summed E-state index contributed by atoms with van der Waals surface area (Å²) in [5, 5.41) is 12.3. The fourth-order valence-corrected chi connectivity index (χ4v) is 3.01. The standard InChI is InChI=1S/C18H20FN5/c19-16-4-2-1-3-15(16)13-24-9-5-14(6-10-24)12-23-18-17(11-20)21-7-8-22-18/h1-4,7-8,14H,5-6,9-10,12-13H2,(H,22,23). The molecule has 124 valence electrons. The van der Waals surface area contributed by atoms with E-state index in [4.69, 9.17) is 5.26 Å². The molecule has 1 saturated heterocycles. The molecular formula is C18H20FN5. The zero-order chi connectivity index (χ0) is 16.8. The van der Waals surface area contributed by atoms with E-state index in [0.29, 0.717) is 24.0 Å². The predicted molar refractivity (Wildman–Crippen MR) is 89.6 cm³/mol. The summed E-state index contributed by atoms with van der Waals surface area (Å²) in [6.45, 7) is 3.34. The van der Waals surface area contributed by atoms with E-state index in [-0.39, 0.29) is 5.82 Å². The highest BCUT2D eigenvalue weighted by atomic mass is 19.1. The minimum atomic E-state index is -0.132. The van der Waals surface area contributed by atoms with E-state index in [9.17, 15) is 4.39 Å². The smallest absolute Gasteiger partial charge is 0.182 e. The summed E-state index contributed by atoms with van der Waals surface area (Å²) in [6.07, 6.45) is 5.19. The van der Waals surface area contributed by atoms with Crippen LogP contribution in [-0.4, -0.2) is 34.5 Å². The van der Waals surface area contributed by atoms with Gasteiger partial charge < -0.3 is 5.32 Å². The minimum Gasteiger partial charge on any atom is -0.367 e. The van der Waals surface area contributed by atoms with Crippen LogP contribution < -0.4 is 5.32 Å². The second-order valence-corrected chi connectivity index (χ2v) is 6.06. The van der Waals surface area contributed by atoms with Crippen LogP contribution in [0.2, 0.25) is 0 Å². The van der Waals surface area contributed by atoms with Crippen molar-refractivity contribution in [2.75, 3.05) is 25.0 Å². The van der Waals surface area contributed by atoms with Crippen molar-refractivity contribution in [2.24, 2.45) is 5.92 Å². The maximum Gasteiger partial charge on any atom is 0.182 e. The second kappa shape index (κ2) is 7.84. The number of likely N-dealkylation sites (tertiary alicyclic amines) is 1. The molecule has 1 aliphatic rings. The number of nitrogens with zero attached hydrogens (tertiary/aromatic N) is 4.